The Morgan fingerprint density at radius 2 is 1.85 bits per heavy atom. The summed E-state index contributed by atoms with van der Waals surface area (Å²) in [7, 11) is 0. The highest BCUT2D eigenvalue weighted by Gasteiger charge is 2.15. The Kier molecular flexibility index (Phi) is 5.41. The molecule has 2 N–H and O–H groups in total. The quantitative estimate of drug-likeness (QED) is 0.679. The second kappa shape index (κ2) is 8.09. The number of hydrogen-bond acceptors (Lipinski definition) is 4. The summed E-state index contributed by atoms with van der Waals surface area (Å²) < 4.78 is 18.8. The van der Waals surface area contributed by atoms with Gasteiger partial charge in [0.2, 0.25) is 0 Å². The van der Waals surface area contributed by atoms with Gasteiger partial charge in [-0.1, -0.05) is 24.3 Å². The van der Waals surface area contributed by atoms with Crippen molar-refractivity contribution in [2.24, 2.45) is 0 Å². The van der Waals surface area contributed by atoms with Crippen LogP contribution in [0.25, 0.3) is 0 Å². The molecule has 27 heavy (non-hydrogen) atoms. The summed E-state index contributed by atoms with van der Waals surface area (Å²) in [5.41, 5.74) is 0.651. The SMILES string of the molecule is O=C(O)c1ccc(NC(=O)c2cc(CF)ccc2Oc2ccccc2)cn1. The number of aromatic carboxylic acids is 1. The molecule has 7 heteroatoms. The molecule has 0 saturated heterocycles. The first kappa shape index (κ1) is 18.1. The number of hydrogen-bond donors (Lipinski definition) is 2. The van der Waals surface area contributed by atoms with E-state index >= 15 is 0 Å². The van der Waals surface area contributed by atoms with Gasteiger partial charge in [-0.25, -0.2) is 14.2 Å². The molecule has 0 spiro atoms. The van der Waals surface area contributed by atoms with Crippen molar-refractivity contribution in [3.63, 3.8) is 0 Å². The minimum Gasteiger partial charge on any atom is -0.477 e. The van der Waals surface area contributed by atoms with Gasteiger partial charge in [0.15, 0.2) is 0 Å². The van der Waals surface area contributed by atoms with Crippen molar-refractivity contribution in [2.75, 3.05) is 5.32 Å². The second-order valence-corrected chi connectivity index (χ2v) is 5.57. The number of nitrogens with zero attached hydrogens (tertiary/aromatic N) is 1. The third kappa shape index (κ3) is 4.46. The molecule has 0 aliphatic carbocycles. The first-order valence-electron chi connectivity index (χ1n) is 7.99. The summed E-state index contributed by atoms with van der Waals surface area (Å²) in [4.78, 5) is 27.2. The van der Waals surface area contributed by atoms with E-state index in [1.54, 1.807) is 24.3 Å². The van der Waals surface area contributed by atoms with Gasteiger partial charge in [0.25, 0.3) is 5.91 Å². The topological polar surface area (TPSA) is 88.5 Å². The van der Waals surface area contributed by atoms with Crippen LogP contribution >= 0.6 is 0 Å². The summed E-state index contributed by atoms with van der Waals surface area (Å²) in [6.45, 7) is -0.721. The summed E-state index contributed by atoms with van der Waals surface area (Å²) >= 11 is 0. The van der Waals surface area contributed by atoms with Crippen molar-refractivity contribution in [1.29, 1.82) is 0 Å². The molecule has 1 amide bonds. The maximum Gasteiger partial charge on any atom is 0.354 e. The minimum absolute atomic E-state index is 0.138. The smallest absolute Gasteiger partial charge is 0.354 e. The molecule has 1 aromatic heterocycles. The van der Waals surface area contributed by atoms with Gasteiger partial charge >= 0.3 is 5.97 Å². The molecule has 0 bridgehead atoms. The van der Waals surface area contributed by atoms with Crippen molar-refractivity contribution in [3.05, 3.63) is 83.7 Å². The Morgan fingerprint density at radius 1 is 1.07 bits per heavy atom. The van der Waals surface area contributed by atoms with Gasteiger partial charge in [-0.2, -0.15) is 0 Å². The number of para-hydroxylation sites is 1. The van der Waals surface area contributed by atoms with Gasteiger partial charge in [-0.15, -0.1) is 0 Å². The number of carboxylic acids is 1. The van der Waals surface area contributed by atoms with Gasteiger partial charge in [-0.3, -0.25) is 4.79 Å². The van der Waals surface area contributed by atoms with E-state index in [-0.39, 0.29) is 17.0 Å². The van der Waals surface area contributed by atoms with Crippen molar-refractivity contribution in [2.45, 2.75) is 6.67 Å². The van der Waals surface area contributed by atoms with E-state index in [0.29, 0.717) is 17.0 Å². The van der Waals surface area contributed by atoms with E-state index in [4.69, 9.17) is 9.84 Å². The number of benzene rings is 2. The first-order chi connectivity index (χ1) is 13.1. The standard InChI is InChI=1S/C20H15FN2O4/c21-11-13-6-9-18(27-15-4-2-1-3-5-15)16(10-13)19(24)23-14-7-8-17(20(25)26)22-12-14/h1-10,12H,11H2,(H,23,24)(H,25,26). The lowest BCUT2D eigenvalue weighted by Crippen LogP contribution is -2.14. The Labute approximate surface area is 154 Å². The lowest BCUT2D eigenvalue weighted by molar-refractivity contribution is 0.0690. The van der Waals surface area contributed by atoms with Gasteiger partial charge < -0.3 is 15.2 Å². The molecule has 1 heterocycles. The number of halogens is 1. The van der Waals surface area contributed by atoms with Gasteiger partial charge in [0.05, 0.1) is 17.4 Å². The molecular weight excluding hydrogens is 351 g/mol. The van der Waals surface area contributed by atoms with Crippen LogP contribution in [0.3, 0.4) is 0 Å². The van der Waals surface area contributed by atoms with Crippen LogP contribution in [-0.4, -0.2) is 22.0 Å². The van der Waals surface area contributed by atoms with Crippen molar-refractivity contribution >= 4 is 17.6 Å². The molecule has 136 valence electrons. The molecule has 0 fully saturated rings. The average molecular weight is 366 g/mol. The fraction of sp³-hybridized carbons (Fsp3) is 0.0500. The van der Waals surface area contributed by atoms with Crippen LogP contribution in [-0.2, 0) is 6.67 Å². The van der Waals surface area contributed by atoms with E-state index < -0.39 is 18.6 Å². The zero-order valence-electron chi connectivity index (χ0n) is 14.1. The Balaban J connectivity index is 1.86. The van der Waals surface area contributed by atoms with E-state index in [1.807, 2.05) is 6.07 Å². The third-order valence-corrected chi connectivity index (χ3v) is 3.65. The predicted octanol–water partition coefficient (Wildman–Crippen LogP) is 4.29. The molecule has 3 aromatic rings. The Hall–Kier alpha value is -3.74. The van der Waals surface area contributed by atoms with Crippen LogP contribution in [0.5, 0.6) is 11.5 Å². The first-order valence-corrected chi connectivity index (χ1v) is 7.99. The zero-order valence-corrected chi connectivity index (χ0v) is 14.1. The number of carbonyl (C=O) groups is 2. The summed E-state index contributed by atoms with van der Waals surface area (Å²) in [5.74, 6) is -0.888. The molecule has 0 unspecified atom stereocenters. The molecule has 0 saturated carbocycles. The molecule has 3 rings (SSSR count). The van der Waals surface area contributed by atoms with Crippen molar-refractivity contribution < 1.29 is 23.8 Å². The maximum absolute atomic E-state index is 13.0. The number of rotatable bonds is 6. The second-order valence-electron chi connectivity index (χ2n) is 5.57. The number of ether oxygens (including phenoxy) is 1. The average Bonchev–Trinajstić information content (AvgIpc) is 2.69. The lowest BCUT2D eigenvalue weighted by Gasteiger charge is -2.12. The largest absolute Gasteiger partial charge is 0.477 e. The van der Waals surface area contributed by atoms with Gasteiger partial charge in [0, 0.05) is 0 Å². The molecule has 0 atom stereocenters. The van der Waals surface area contributed by atoms with Gasteiger partial charge in [0.1, 0.15) is 23.9 Å². The summed E-state index contributed by atoms with van der Waals surface area (Å²) in [6, 6.07) is 16.1. The van der Waals surface area contributed by atoms with Gasteiger partial charge in [-0.05, 0) is 42.0 Å². The van der Waals surface area contributed by atoms with Crippen LogP contribution in [0, 0.1) is 0 Å². The fourth-order valence-electron chi connectivity index (χ4n) is 2.33. The molecule has 0 aliphatic heterocycles. The molecular formula is C20H15FN2O4. The third-order valence-electron chi connectivity index (χ3n) is 3.65. The van der Waals surface area contributed by atoms with E-state index in [9.17, 15) is 14.0 Å². The normalized spacial score (nSPS) is 10.3. The van der Waals surface area contributed by atoms with E-state index in [2.05, 4.69) is 10.3 Å². The Bertz CT molecular complexity index is 959. The summed E-state index contributed by atoms with van der Waals surface area (Å²) in [5, 5.41) is 11.5. The lowest BCUT2D eigenvalue weighted by atomic mass is 10.1. The molecule has 0 radical (unpaired) electrons. The molecule has 2 aromatic carbocycles. The van der Waals surface area contributed by atoms with Crippen LogP contribution < -0.4 is 10.1 Å². The van der Waals surface area contributed by atoms with E-state index in [0.717, 1.165) is 0 Å². The highest BCUT2D eigenvalue weighted by atomic mass is 19.1. The highest BCUT2D eigenvalue weighted by molar-refractivity contribution is 6.06. The monoisotopic (exact) mass is 366 g/mol. The van der Waals surface area contributed by atoms with Crippen LogP contribution in [0.4, 0.5) is 10.1 Å². The number of carboxylic acid groups (broad SMARTS) is 1. The predicted molar refractivity (Wildman–Crippen MR) is 96.9 cm³/mol. The number of aromatic nitrogens is 1. The number of pyridine rings is 1. The van der Waals surface area contributed by atoms with Crippen molar-refractivity contribution in [1.82, 2.24) is 4.98 Å². The zero-order chi connectivity index (χ0) is 19.2. The summed E-state index contributed by atoms with van der Waals surface area (Å²) in [6.07, 6.45) is 1.23. The number of alkyl halides is 1. The minimum atomic E-state index is -1.16. The number of anilines is 1. The Morgan fingerprint density at radius 3 is 2.48 bits per heavy atom. The number of amides is 1. The maximum atomic E-state index is 13.0. The number of nitrogens with one attached hydrogen (secondary N) is 1. The van der Waals surface area contributed by atoms with Crippen LogP contribution in [0.2, 0.25) is 0 Å². The van der Waals surface area contributed by atoms with Crippen LogP contribution in [0.1, 0.15) is 26.4 Å². The molecule has 0 aliphatic rings. The highest BCUT2D eigenvalue weighted by Crippen LogP contribution is 2.27. The fourth-order valence-corrected chi connectivity index (χ4v) is 2.33. The van der Waals surface area contributed by atoms with Crippen LogP contribution in [0.15, 0.2) is 66.9 Å². The molecule has 6 nitrogen and oxygen atoms in total. The number of carbonyl (C=O) groups excluding carboxylic acids is 1. The van der Waals surface area contributed by atoms with Crippen molar-refractivity contribution in [3.8, 4) is 11.5 Å². The van der Waals surface area contributed by atoms with E-state index in [1.165, 1.54) is 36.5 Å².